The van der Waals surface area contributed by atoms with E-state index < -0.39 is 0 Å². The summed E-state index contributed by atoms with van der Waals surface area (Å²) in [7, 11) is 1.83. The molecule has 0 aliphatic heterocycles. The average molecular weight is 332 g/mol. The van der Waals surface area contributed by atoms with E-state index in [1.165, 1.54) is 4.52 Å². The zero-order chi connectivity index (χ0) is 17.0. The van der Waals surface area contributed by atoms with E-state index >= 15 is 0 Å². The van der Waals surface area contributed by atoms with Gasteiger partial charge in [0.05, 0.1) is 22.3 Å². The highest BCUT2D eigenvalue weighted by molar-refractivity contribution is 5.79. The molecule has 4 aromatic heterocycles. The maximum atomic E-state index is 12.8. The van der Waals surface area contributed by atoms with Gasteiger partial charge in [-0.25, -0.2) is 4.98 Å². The van der Waals surface area contributed by atoms with Crippen molar-refractivity contribution in [3.05, 3.63) is 53.1 Å². The third-order valence-electron chi connectivity index (χ3n) is 4.04. The summed E-state index contributed by atoms with van der Waals surface area (Å²) < 4.78 is 3.03. The number of imidazole rings is 1. The molecule has 1 aromatic carbocycles. The van der Waals surface area contributed by atoms with Crippen LogP contribution in [0.15, 0.2) is 47.5 Å². The first-order valence-corrected chi connectivity index (χ1v) is 7.63. The third-order valence-corrected chi connectivity index (χ3v) is 4.04. The monoisotopic (exact) mass is 332 g/mol. The van der Waals surface area contributed by atoms with Crippen LogP contribution in [0.1, 0.15) is 0 Å². The molecule has 0 atom stereocenters. The molecular weight excluding hydrogens is 320 g/mol. The molecule has 25 heavy (non-hydrogen) atoms. The summed E-state index contributed by atoms with van der Waals surface area (Å²) in [6.45, 7) is 0. The van der Waals surface area contributed by atoms with Gasteiger partial charge in [0.15, 0.2) is 17.2 Å². The minimum atomic E-state index is -0.328. The van der Waals surface area contributed by atoms with Gasteiger partial charge in [0.1, 0.15) is 0 Å². The lowest BCUT2D eigenvalue weighted by molar-refractivity contribution is 0.771. The number of aryl methyl sites for hydroxylation is 1. The molecule has 0 bridgehead atoms. The van der Waals surface area contributed by atoms with Crippen molar-refractivity contribution in [2.45, 2.75) is 0 Å². The first kappa shape index (κ1) is 13.7. The summed E-state index contributed by atoms with van der Waals surface area (Å²) >= 11 is 0. The van der Waals surface area contributed by atoms with Crippen LogP contribution in [0.3, 0.4) is 0 Å². The Kier molecular flexibility index (Phi) is 2.66. The van der Waals surface area contributed by atoms with Crippen molar-refractivity contribution in [1.82, 2.24) is 39.6 Å². The second-order valence-electron chi connectivity index (χ2n) is 5.68. The van der Waals surface area contributed by atoms with Gasteiger partial charge in [-0.3, -0.25) is 14.6 Å². The Morgan fingerprint density at radius 2 is 2.00 bits per heavy atom. The van der Waals surface area contributed by atoms with Crippen molar-refractivity contribution in [1.29, 1.82) is 0 Å². The van der Waals surface area contributed by atoms with Crippen molar-refractivity contribution in [3.8, 4) is 22.8 Å². The van der Waals surface area contributed by atoms with E-state index in [9.17, 15) is 4.79 Å². The minimum absolute atomic E-state index is 0.156. The number of rotatable bonds is 2. The molecule has 2 N–H and O–H groups in total. The number of nitrogens with one attached hydrogen (secondary N) is 2. The van der Waals surface area contributed by atoms with E-state index in [0.29, 0.717) is 22.7 Å². The number of hydrogen-bond acceptors (Lipinski definition) is 5. The quantitative estimate of drug-likeness (QED) is 0.507. The Morgan fingerprint density at radius 3 is 2.80 bits per heavy atom. The van der Waals surface area contributed by atoms with Crippen molar-refractivity contribution >= 4 is 16.7 Å². The van der Waals surface area contributed by atoms with Gasteiger partial charge in [0.2, 0.25) is 0 Å². The molecule has 122 valence electrons. The van der Waals surface area contributed by atoms with Crippen molar-refractivity contribution in [2.24, 2.45) is 7.05 Å². The van der Waals surface area contributed by atoms with Crippen LogP contribution in [0.2, 0.25) is 0 Å². The summed E-state index contributed by atoms with van der Waals surface area (Å²) in [6.07, 6.45) is 3.52. The summed E-state index contributed by atoms with van der Waals surface area (Å²) in [6, 6.07) is 9.40. The standard InChI is InChI=1S/C16H12N8O/c1-23-7-6-10(22-23)9-8-17-24-15(9)21-20-13(16(24)25)14-18-11-4-2-3-5-12(11)19-14/h2-8,17H,1H3,(H,18,19). The maximum Gasteiger partial charge on any atom is 0.302 e. The Morgan fingerprint density at radius 1 is 1.12 bits per heavy atom. The first-order valence-electron chi connectivity index (χ1n) is 7.63. The van der Waals surface area contributed by atoms with Gasteiger partial charge in [0.25, 0.3) is 0 Å². The van der Waals surface area contributed by atoms with Crippen LogP contribution in [0.4, 0.5) is 0 Å². The molecule has 0 saturated heterocycles. The number of aromatic nitrogens is 8. The average Bonchev–Trinajstić information content (AvgIpc) is 3.32. The number of fused-ring (bicyclic) bond motifs is 2. The van der Waals surface area contributed by atoms with Gasteiger partial charge < -0.3 is 4.98 Å². The Balaban J connectivity index is 1.71. The molecule has 5 aromatic rings. The third kappa shape index (κ3) is 1.99. The fourth-order valence-corrected chi connectivity index (χ4v) is 2.84. The smallest absolute Gasteiger partial charge is 0.302 e. The van der Waals surface area contributed by atoms with E-state index in [1.807, 2.05) is 43.6 Å². The lowest BCUT2D eigenvalue weighted by Gasteiger charge is -1.97. The molecule has 0 saturated carbocycles. The van der Waals surface area contributed by atoms with Gasteiger partial charge >= 0.3 is 5.56 Å². The van der Waals surface area contributed by atoms with Crippen molar-refractivity contribution in [3.63, 3.8) is 0 Å². The topological polar surface area (TPSA) is 110 Å². The van der Waals surface area contributed by atoms with Gasteiger partial charge in [-0.2, -0.15) is 9.61 Å². The molecule has 0 fully saturated rings. The molecule has 0 radical (unpaired) electrons. The zero-order valence-corrected chi connectivity index (χ0v) is 13.1. The number of aromatic amines is 2. The van der Waals surface area contributed by atoms with Crippen LogP contribution in [0.5, 0.6) is 0 Å². The molecule has 9 nitrogen and oxygen atoms in total. The zero-order valence-electron chi connectivity index (χ0n) is 13.1. The lowest BCUT2D eigenvalue weighted by atomic mass is 10.2. The molecule has 0 unspecified atom stereocenters. The molecule has 0 amide bonds. The molecule has 5 rings (SSSR count). The Bertz CT molecular complexity index is 1260. The van der Waals surface area contributed by atoms with E-state index in [4.69, 9.17) is 0 Å². The fourth-order valence-electron chi connectivity index (χ4n) is 2.84. The summed E-state index contributed by atoms with van der Waals surface area (Å²) in [4.78, 5) is 20.3. The van der Waals surface area contributed by atoms with Crippen LogP contribution in [0, 0.1) is 0 Å². The van der Waals surface area contributed by atoms with Crippen molar-refractivity contribution in [2.75, 3.05) is 0 Å². The minimum Gasteiger partial charge on any atom is -0.336 e. The predicted molar refractivity (Wildman–Crippen MR) is 90.9 cm³/mol. The van der Waals surface area contributed by atoms with Gasteiger partial charge in [-0.1, -0.05) is 12.1 Å². The Hall–Kier alpha value is -3.75. The van der Waals surface area contributed by atoms with Gasteiger partial charge in [-0.05, 0) is 18.2 Å². The van der Waals surface area contributed by atoms with Gasteiger partial charge in [-0.15, -0.1) is 10.2 Å². The predicted octanol–water partition coefficient (Wildman–Crippen LogP) is 1.36. The van der Waals surface area contributed by atoms with E-state index in [1.54, 1.807) is 10.9 Å². The second kappa shape index (κ2) is 4.87. The van der Waals surface area contributed by atoms with Gasteiger partial charge in [0, 0.05) is 19.4 Å². The molecule has 4 heterocycles. The van der Waals surface area contributed by atoms with E-state index in [0.717, 1.165) is 11.0 Å². The lowest BCUT2D eigenvalue weighted by Crippen LogP contribution is -2.19. The number of para-hydroxylation sites is 2. The summed E-state index contributed by atoms with van der Waals surface area (Å²) in [5.41, 5.74) is 3.28. The highest BCUT2D eigenvalue weighted by Crippen LogP contribution is 2.21. The second-order valence-corrected chi connectivity index (χ2v) is 5.68. The van der Waals surface area contributed by atoms with Crippen LogP contribution < -0.4 is 5.56 Å². The number of hydrogen-bond donors (Lipinski definition) is 2. The van der Waals surface area contributed by atoms with Crippen LogP contribution >= 0.6 is 0 Å². The number of nitrogens with zero attached hydrogens (tertiary/aromatic N) is 6. The largest absolute Gasteiger partial charge is 0.336 e. The van der Waals surface area contributed by atoms with Crippen LogP contribution in [-0.4, -0.2) is 39.6 Å². The number of H-pyrrole nitrogens is 2. The van der Waals surface area contributed by atoms with Crippen molar-refractivity contribution < 1.29 is 0 Å². The molecule has 0 spiro atoms. The van der Waals surface area contributed by atoms with Crippen LogP contribution in [-0.2, 0) is 7.05 Å². The summed E-state index contributed by atoms with van der Waals surface area (Å²) in [5.74, 6) is 0.391. The van der Waals surface area contributed by atoms with Crippen LogP contribution in [0.25, 0.3) is 39.5 Å². The molecule has 9 heteroatoms. The normalized spacial score (nSPS) is 11.6. The van der Waals surface area contributed by atoms with E-state index in [2.05, 4.69) is 30.4 Å². The first-order chi connectivity index (χ1) is 12.2. The highest BCUT2D eigenvalue weighted by atomic mass is 16.1. The SMILES string of the molecule is Cn1ccc(-c2c[nH]n3c(=O)c(-c4nc5ccccc5[nH]4)nnc23)n1. The molecule has 0 aliphatic carbocycles. The highest BCUT2D eigenvalue weighted by Gasteiger charge is 2.17. The van der Waals surface area contributed by atoms with E-state index in [-0.39, 0.29) is 11.3 Å². The fraction of sp³-hybridized carbons (Fsp3) is 0.0625. The number of benzene rings is 1. The Labute approximate surface area is 140 Å². The molecule has 0 aliphatic rings. The summed E-state index contributed by atoms with van der Waals surface area (Å²) in [5, 5.41) is 15.6. The molecular formula is C16H12N8O. The maximum absolute atomic E-state index is 12.8.